The Hall–Kier alpha value is -2.29. The first-order valence-corrected chi connectivity index (χ1v) is 10.1. The molecular weight excluding hydrogens is 404 g/mol. The molecule has 6 nitrogen and oxygen atoms in total. The number of carbonyl (C=O) groups excluding carboxylic acids is 1. The van der Waals surface area contributed by atoms with Crippen LogP contribution in [0.1, 0.15) is 11.3 Å². The average Bonchev–Trinajstić information content (AvgIpc) is 3.38. The molecule has 2 aromatic heterocycles. The molecule has 3 heterocycles. The number of aromatic nitrogens is 2. The van der Waals surface area contributed by atoms with E-state index in [2.05, 4.69) is 15.5 Å². The number of nitrogens with zero attached hydrogens (tertiary/aromatic N) is 3. The molecule has 1 amide bonds. The molecule has 0 bridgehead atoms. The number of nitrogens with one attached hydrogen (secondary N) is 1. The van der Waals surface area contributed by atoms with Crippen molar-refractivity contribution in [2.75, 3.05) is 5.32 Å². The number of benzene rings is 1. The molecule has 1 atom stereocenters. The minimum atomic E-state index is -0.637. The first-order chi connectivity index (χ1) is 13.1. The zero-order chi connectivity index (χ0) is 18.8. The Bertz CT molecular complexity index is 997. The van der Waals surface area contributed by atoms with E-state index in [0.29, 0.717) is 16.4 Å². The van der Waals surface area contributed by atoms with Gasteiger partial charge < -0.3 is 14.7 Å². The van der Waals surface area contributed by atoms with Crippen LogP contribution in [-0.4, -0.2) is 27.3 Å². The molecule has 1 aliphatic rings. The molecule has 27 heavy (non-hydrogen) atoms. The molecule has 1 aromatic carbocycles. The van der Waals surface area contributed by atoms with Crippen molar-refractivity contribution < 1.29 is 9.63 Å². The summed E-state index contributed by atoms with van der Waals surface area (Å²) >= 11 is 8.93. The summed E-state index contributed by atoms with van der Waals surface area (Å²) in [6.45, 7) is 0. The fourth-order valence-electron chi connectivity index (χ4n) is 2.52. The minimum Gasteiger partial charge on any atom is -0.382 e. The van der Waals surface area contributed by atoms with Gasteiger partial charge in [-0.15, -0.1) is 11.3 Å². The van der Waals surface area contributed by atoms with Crippen LogP contribution in [0.5, 0.6) is 0 Å². The lowest BCUT2D eigenvalue weighted by atomic mass is 10.1. The van der Waals surface area contributed by atoms with Crippen molar-refractivity contribution in [2.24, 2.45) is 12.2 Å². The third-order valence-corrected chi connectivity index (χ3v) is 6.29. The molecule has 4 rings (SSSR count). The van der Waals surface area contributed by atoms with Crippen molar-refractivity contribution in [1.29, 1.82) is 0 Å². The Balaban J connectivity index is 1.34. The third kappa shape index (κ3) is 4.18. The number of halogens is 1. The van der Waals surface area contributed by atoms with Gasteiger partial charge in [-0.1, -0.05) is 28.5 Å². The summed E-state index contributed by atoms with van der Waals surface area (Å²) in [5, 5.41) is 7.80. The van der Waals surface area contributed by atoms with Gasteiger partial charge >= 0.3 is 0 Å². The fraction of sp³-hybridized carbons (Fsp3) is 0.167. The van der Waals surface area contributed by atoms with Crippen molar-refractivity contribution in [3.8, 4) is 0 Å². The molecule has 1 N–H and O–H groups in total. The van der Waals surface area contributed by atoms with Gasteiger partial charge in [-0.3, -0.25) is 4.79 Å². The predicted molar refractivity (Wildman–Crippen MR) is 108 cm³/mol. The van der Waals surface area contributed by atoms with Crippen LogP contribution in [0.25, 0.3) is 0 Å². The third-order valence-electron chi connectivity index (χ3n) is 3.93. The number of anilines is 1. The number of thiophene rings is 1. The first kappa shape index (κ1) is 18.1. The second-order valence-electron chi connectivity index (χ2n) is 5.88. The van der Waals surface area contributed by atoms with Gasteiger partial charge in [0.15, 0.2) is 5.16 Å². The SMILES string of the molecule is Cn1ccnc1Sc1ccc(NC(=O)[C@H]2CC(c3ccc(Cl)s3)=NO2)cc1. The molecule has 0 saturated carbocycles. The van der Waals surface area contributed by atoms with Gasteiger partial charge in [-0.2, -0.15) is 0 Å². The lowest BCUT2D eigenvalue weighted by Crippen LogP contribution is -2.27. The predicted octanol–water partition coefficient (Wildman–Crippen LogP) is 4.42. The van der Waals surface area contributed by atoms with E-state index >= 15 is 0 Å². The Morgan fingerprint density at radius 3 is 2.81 bits per heavy atom. The van der Waals surface area contributed by atoms with Crippen LogP contribution < -0.4 is 5.32 Å². The van der Waals surface area contributed by atoms with E-state index in [1.54, 1.807) is 18.0 Å². The highest BCUT2D eigenvalue weighted by atomic mass is 35.5. The average molecular weight is 419 g/mol. The van der Waals surface area contributed by atoms with Gasteiger partial charge in [-0.05, 0) is 36.4 Å². The smallest absolute Gasteiger partial charge is 0.268 e. The summed E-state index contributed by atoms with van der Waals surface area (Å²) in [4.78, 5) is 24.0. The second-order valence-corrected chi connectivity index (χ2v) is 8.63. The van der Waals surface area contributed by atoms with Gasteiger partial charge in [0.05, 0.1) is 9.21 Å². The first-order valence-electron chi connectivity index (χ1n) is 8.13. The van der Waals surface area contributed by atoms with Crippen LogP contribution in [-0.2, 0) is 16.7 Å². The highest BCUT2D eigenvalue weighted by Gasteiger charge is 2.29. The standard InChI is InChI=1S/C18H15ClN4O2S2/c1-23-9-8-20-18(23)26-12-4-2-11(3-5-12)21-17(24)14-10-13(22-25-14)15-6-7-16(19)27-15/h2-9,14H,10H2,1H3,(H,21,24)/t14-/m1/s1. The van der Waals surface area contributed by atoms with E-state index in [0.717, 1.165) is 20.6 Å². The van der Waals surface area contributed by atoms with Crippen molar-refractivity contribution in [2.45, 2.75) is 22.6 Å². The zero-order valence-electron chi connectivity index (χ0n) is 14.3. The molecule has 0 fully saturated rings. The van der Waals surface area contributed by atoms with Gasteiger partial charge in [0.2, 0.25) is 6.10 Å². The number of rotatable bonds is 5. The molecule has 0 radical (unpaired) electrons. The molecule has 0 spiro atoms. The van der Waals surface area contributed by atoms with Crippen molar-refractivity contribution >= 4 is 52.0 Å². The Morgan fingerprint density at radius 2 is 2.15 bits per heavy atom. The summed E-state index contributed by atoms with van der Waals surface area (Å²) in [6.07, 6.45) is 3.45. The largest absolute Gasteiger partial charge is 0.382 e. The van der Waals surface area contributed by atoms with Crippen LogP contribution in [0, 0.1) is 0 Å². The normalized spacial score (nSPS) is 16.1. The number of carbonyl (C=O) groups is 1. The van der Waals surface area contributed by atoms with Gasteiger partial charge in [-0.25, -0.2) is 4.98 Å². The monoisotopic (exact) mass is 418 g/mol. The highest BCUT2D eigenvalue weighted by Crippen LogP contribution is 2.28. The van der Waals surface area contributed by atoms with E-state index in [-0.39, 0.29) is 5.91 Å². The fourth-order valence-corrected chi connectivity index (χ4v) is 4.35. The molecule has 138 valence electrons. The zero-order valence-corrected chi connectivity index (χ0v) is 16.6. The van der Waals surface area contributed by atoms with Gasteiger partial charge in [0.1, 0.15) is 5.71 Å². The van der Waals surface area contributed by atoms with Gasteiger partial charge in [0.25, 0.3) is 5.91 Å². The number of aryl methyl sites for hydroxylation is 1. The van der Waals surface area contributed by atoms with Crippen molar-refractivity contribution in [3.05, 3.63) is 58.0 Å². The maximum Gasteiger partial charge on any atom is 0.268 e. The quantitative estimate of drug-likeness (QED) is 0.666. The van der Waals surface area contributed by atoms with Crippen molar-refractivity contribution in [3.63, 3.8) is 0 Å². The van der Waals surface area contributed by atoms with E-state index in [9.17, 15) is 4.79 Å². The van der Waals surface area contributed by atoms with Crippen LogP contribution >= 0.6 is 34.7 Å². The summed E-state index contributed by atoms with van der Waals surface area (Å²) in [5.41, 5.74) is 1.45. The maximum atomic E-state index is 12.4. The topological polar surface area (TPSA) is 68.5 Å². The summed E-state index contributed by atoms with van der Waals surface area (Å²) in [5.74, 6) is -0.221. The maximum absolute atomic E-state index is 12.4. The number of hydrogen-bond acceptors (Lipinski definition) is 6. The van der Waals surface area contributed by atoms with Crippen molar-refractivity contribution in [1.82, 2.24) is 9.55 Å². The molecule has 0 unspecified atom stereocenters. The number of imidazole rings is 1. The Kier molecular flexibility index (Phi) is 5.20. The summed E-state index contributed by atoms with van der Waals surface area (Å²) in [7, 11) is 1.95. The molecule has 9 heteroatoms. The lowest BCUT2D eigenvalue weighted by Gasteiger charge is -2.10. The Labute approximate surface area is 169 Å². The summed E-state index contributed by atoms with van der Waals surface area (Å²) in [6, 6.07) is 11.3. The van der Waals surface area contributed by atoms with Crippen LogP contribution in [0.3, 0.4) is 0 Å². The lowest BCUT2D eigenvalue weighted by molar-refractivity contribution is -0.125. The molecule has 3 aromatic rings. The van der Waals surface area contributed by atoms with E-state index in [4.69, 9.17) is 16.4 Å². The number of oxime groups is 1. The summed E-state index contributed by atoms with van der Waals surface area (Å²) < 4.78 is 2.64. The Morgan fingerprint density at radius 1 is 1.33 bits per heavy atom. The number of hydrogen-bond donors (Lipinski definition) is 1. The van der Waals surface area contributed by atoms with E-state index in [1.807, 2.05) is 54.2 Å². The molecule has 0 saturated heterocycles. The van der Waals surface area contributed by atoms with E-state index < -0.39 is 6.10 Å². The van der Waals surface area contributed by atoms with Crippen LogP contribution in [0.4, 0.5) is 5.69 Å². The van der Waals surface area contributed by atoms with Crippen LogP contribution in [0.15, 0.2) is 64.0 Å². The minimum absolute atomic E-state index is 0.221. The molecule has 1 aliphatic heterocycles. The highest BCUT2D eigenvalue weighted by molar-refractivity contribution is 7.99. The van der Waals surface area contributed by atoms with E-state index in [1.165, 1.54) is 11.3 Å². The molecular formula is C18H15ClN4O2S2. The molecule has 0 aliphatic carbocycles. The second kappa shape index (κ2) is 7.75. The van der Waals surface area contributed by atoms with Gasteiger partial charge in [0, 0.05) is 36.4 Å². The van der Waals surface area contributed by atoms with Crippen LogP contribution in [0.2, 0.25) is 4.34 Å². The number of amides is 1.